The topological polar surface area (TPSA) is 111 Å². The molecule has 0 atom stereocenters. The Morgan fingerprint density at radius 1 is 1.07 bits per heavy atom. The van der Waals surface area contributed by atoms with Gasteiger partial charge in [0.1, 0.15) is 16.8 Å². The van der Waals surface area contributed by atoms with Crippen LogP contribution in [-0.4, -0.2) is 38.3 Å². The lowest BCUT2D eigenvalue weighted by atomic mass is 9.90. The molecule has 0 unspecified atom stereocenters. The number of Topliss-reactive ketones (excluding diaryl/α,β-unsaturated/α-hetero) is 2. The molecule has 2 heterocycles. The van der Waals surface area contributed by atoms with Crippen molar-refractivity contribution in [2.75, 3.05) is 7.11 Å². The van der Waals surface area contributed by atoms with Crippen LogP contribution in [0.4, 0.5) is 0 Å². The van der Waals surface area contributed by atoms with Gasteiger partial charge in [-0.2, -0.15) is 0 Å². The summed E-state index contributed by atoms with van der Waals surface area (Å²) in [6.45, 7) is 0. The van der Waals surface area contributed by atoms with Crippen LogP contribution in [0.3, 0.4) is 0 Å². The SMILES string of the molecule is COc1ccc(-n2c(=O)c(C(O)=C3C(=O)CCCC3=O)nc3cccnc32)cc1. The van der Waals surface area contributed by atoms with Gasteiger partial charge in [-0.25, -0.2) is 9.97 Å². The molecule has 0 bridgehead atoms. The Hall–Kier alpha value is -3.81. The van der Waals surface area contributed by atoms with E-state index in [2.05, 4.69) is 9.97 Å². The average molecular weight is 391 g/mol. The van der Waals surface area contributed by atoms with E-state index in [-0.39, 0.29) is 29.8 Å². The minimum atomic E-state index is -0.683. The maximum atomic E-state index is 13.2. The normalized spacial score (nSPS) is 14.3. The van der Waals surface area contributed by atoms with E-state index < -0.39 is 22.9 Å². The molecule has 0 amide bonds. The van der Waals surface area contributed by atoms with Crippen LogP contribution in [0.1, 0.15) is 25.0 Å². The third-order valence-corrected chi connectivity index (χ3v) is 4.77. The van der Waals surface area contributed by atoms with Gasteiger partial charge in [-0.3, -0.25) is 19.0 Å². The Bertz CT molecular complexity index is 1210. The summed E-state index contributed by atoms with van der Waals surface area (Å²) in [4.78, 5) is 46.1. The van der Waals surface area contributed by atoms with Crippen LogP contribution in [0.25, 0.3) is 22.6 Å². The second kappa shape index (κ2) is 7.31. The zero-order valence-electron chi connectivity index (χ0n) is 15.6. The van der Waals surface area contributed by atoms with Crippen LogP contribution in [0.2, 0.25) is 0 Å². The van der Waals surface area contributed by atoms with Gasteiger partial charge in [0, 0.05) is 19.0 Å². The molecule has 0 radical (unpaired) electrons. The molecule has 3 aromatic rings. The largest absolute Gasteiger partial charge is 0.505 e. The number of aliphatic hydroxyl groups is 1. The van der Waals surface area contributed by atoms with Crippen molar-refractivity contribution >= 4 is 28.5 Å². The van der Waals surface area contributed by atoms with E-state index >= 15 is 0 Å². The first-order valence-corrected chi connectivity index (χ1v) is 9.03. The van der Waals surface area contributed by atoms with Gasteiger partial charge in [0.15, 0.2) is 28.7 Å². The van der Waals surface area contributed by atoms with E-state index in [1.165, 1.54) is 17.9 Å². The first kappa shape index (κ1) is 18.5. The zero-order valence-corrected chi connectivity index (χ0v) is 15.6. The third kappa shape index (κ3) is 3.18. The fourth-order valence-electron chi connectivity index (χ4n) is 3.34. The molecule has 1 N–H and O–H groups in total. The summed E-state index contributed by atoms with van der Waals surface area (Å²) in [5.74, 6) is -1.04. The lowest BCUT2D eigenvalue weighted by Gasteiger charge is -2.15. The number of hydrogen-bond acceptors (Lipinski definition) is 7. The maximum Gasteiger partial charge on any atom is 0.286 e. The Morgan fingerprint density at radius 2 is 1.76 bits per heavy atom. The summed E-state index contributed by atoms with van der Waals surface area (Å²) in [7, 11) is 1.53. The number of hydrogen-bond donors (Lipinski definition) is 1. The van der Waals surface area contributed by atoms with E-state index in [1.54, 1.807) is 36.4 Å². The molecular formula is C21H17N3O5. The van der Waals surface area contributed by atoms with E-state index in [1.807, 2.05) is 0 Å². The van der Waals surface area contributed by atoms with Gasteiger partial charge in [0.25, 0.3) is 5.56 Å². The lowest BCUT2D eigenvalue weighted by Crippen LogP contribution is -2.27. The number of benzene rings is 1. The van der Waals surface area contributed by atoms with E-state index in [0.717, 1.165) is 0 Å². The van der Waals surface area contributed by atoms with Crippen molar-refractivity contribution < 1.29 is 19.4 Å². The van der Waals surface area contributed by atoms with Crippen molar-refractivity contribution in [1.82, 2.24) is 14.5 Å². The highest BCUT2D eigenvalue weighted by Crippen LogP contribution is 2.24. The van der Waals surface area contributed by atoms with Crippen molar-refractivity contribution in [1.29, 1.82) is 0 Å². The average Bonchev–Trinajstić information content (AvgIpc) is 2.73. The molecule has 146 valence electrons. The molecule has 8 nitrogen and oxygen atoms in total. The van der Waals surface area contributed by atoms with E-state index in [9.17, 15) is 19.5 Å². The van der Waals surface area contributed by atoms with Gasteiger partial charge in [-0.15, -0.1) is 0 Å². The predicted octanol–water partition coefficient (Wildman–Crippen LogP) is 2.38. The second-order valence-corrected chi connectivity index (χ2v) is 6.57. The molecule has 4 rings (SSSR count). The van der Waals surface area contributed by atoms with Crippen molar-refractivity contribution in [3.05, 3.63) is 64.2 Å². The molecule has 0 saturated heterocycles. The minimum Gasteiger partial charge on any atom is -0.505 e. The zero-order chi connectivity index (χ0) is 20.5. The van der Waals surface area contributed by atoms with Crippen molar-refractivity contribution in [2.24, 2.45) is 0 Å². The van der Waals surface area contributed by atoms with E-state index in [4.69, 9.17) is 4.74 Å². The Balaban J connectivity index is 2.02. The Kier molecular flexibility index (Phi) is 4.67. The molecule has 0 aliphatic heterocycles. The molecule has 0 spiro atoms. The predicted molar refractivity (Wildman–Crippen MR) is 105 cm³/mol. The van der Waals surface area contributed by atoms with Crippen LogP contribution < -0.4 is 10.3 Å². The number of carbonyl (C=O) groups is 2. The molecule has 1 aliphatic rings. The monoisotopic (exact) mass is 391 g/mol. The van der Waals surface area contributed by atoms with Gasteiger partial charge in [-0.05, 0) is 42.8 Å². The molecule has 8 heteroatoms. The summed E-state index contributed by atoms with van der Waals surface area (Å²) in [5.41, 5.74) is -0.309. The summed E-state index contributed by atoms with van der Waals surface area (Å²) < 4.78 is 6.43. The van der Waals surface area contributed by atoms with Gasteiger partial charge in [0.05, 0.1) is 12.8 Å². The summed E-state index contributed by atoms with van der Waals surface area (Å²) >= 11 is 0. The number of carbonyl (C=O) groups excluding carboxylic acids is 2. The second-order valence-electron chi connectivity index (χ2n) is 6.57. The molecule has 1 saturated carbocycles. The number of aromatic nitrogens is 3. The molecule has 2 aromatic heterocycles. The third-order valence-electron chi connectivity index (χ3n) is 4.77. The van der Waals surface area contributed by atoms with Crippen molar-refractivity contribution in [2.45, 2.75) is 19.3 Å². The number of pyridine rings is 1. The number of fused-ring (bicyclic) bond motifs is 1. The van der Waals surface area contributed by atoms with Crippen LogP contribution >= 0.6 is 0 Å². The van der Waals surface area contributed by atoms with Crippen molar-refractivity contribution in [3.63, 3.8) is 0 Å². The molecule has 29 heavy (non-hydrogen) atoms. The number of ether oxygens (including phenoxy) is 1. The highest BCUT2D eigenvalue weighted by atomic mass is 16.5. The molecular weight excluding hydrogens is 374 g/mol. The van der Waals surface area contributed by atoms with Crippen molar-refractivity contribution in [3.8, 4) is 11.4 Å². The van der Waals surface area contributed by atoms with Crippen LogP contribution in [-0.2, 0) is 9.59 Å². The highest BCUT2D eigenvalue weighted by Gasteiger charge is 2.30. The van der Waals surface area contributed by atoms with Crippen LogP contribution in [0.15, 0.2) is 53.0 Å². The number of ketones is 2. The van der Waals surface area contributed by atoms with Gasteiger partial charge in [0.2, 0.25) is 0 Å². The molecule has 1 fully saturated rings. The maximum absolute atomic E-state index is 13.2. The lowest BCUT2D eigenvalue weighted by molar-refractivity contribution is -0.123. The Morgan fingerprint density at radius 3 is 2.41 bits per heavy atom. The number of methoxy groups -OCH3 is 1. The summed E-state index contributed by atoms with van der Waals surface area (Å²) in [5, 5.41) is 10.7. The van der Waals surface area contributed by atoms with E-state index in [0.29, 0.717) is 23.4 Å². The number of allylic oxidation sites excluding steroid dienone is 1. The van der Waals surface area contributed by atoms with Gasteiger partial charge >= 0.3 is 0 Å². The summed E-state index contributed by atoms with van der Waals surface area (Å²) in [6, 6.07) is 9.97. The number of rotatable bonds is 3. The first-order chi connectivity index (χ1) is 14.0. The van der Waals surface area contributed by atoms with Crippen LogP contribution in [0, 0.1) is 0 Å². The van der Waals surface area contributed by atoms with Gasteiger partial charge in [-0.1, -0.05) is 0 Å². The Labute approximate surface area is 165 Å². The number of nitrogens with zero attached hydrogens (tertiary/aromatic N) is 3. The quantitative estimate of drug-likeness (QED) is 0.414. The van der Waals surface area contributed by atoms with Crippen LogP contribution in [0.5, 0.6) is 5.75 Å². The molecule has 1 aromatic carbocycles. The molecule has 1 aliphatic carbocycles. The van der Waals surface area contributed by atoms with Gasteiger partial charge < -0.3 is 9.84 Å². The number of aliphatic hydroxyl groups excluding tert-OH is 1. The first-order valence-electron chi connectivity index (χ1n) is 9.03. The minimum absolute atomic E-state index is 0.146. The standard InChI is InChI=1S/C21H17N3O5/c1-29-13-9-7-12(8-10-13)24-20-14(4-3-11-22-20)23-18(21(24)28)19(27)17-15(25)5-2-6-16(17)26/h3-4,7-11,27H,2,5-6H2,1H3. The highest BCUT2D eigenvalue weighted by molar-refractivity contribution is 6.25. The fourth-order valence-corrected chi connectivity index (χ4v) is 3.34. The smallest absolute Gasteiger partial charge is 0.286 e. The fraction of sp³-hybridized carbons (Fsp3) is 0.190. The summed E-state index contributed by atoms with van der Waals surface area (Å²) in [6.07, 6.45) is 2.25.